The molecule has 3 aromatic rings. The van der Waals surface area contributed by atoms with Crippen molar-refractivity contribution in [3.63, 3.8) is 0 Å². The van der Waals surface area contributed by atoms with E-state index < -0.39 is 16.7 Å². The minimum absolute atomic E-state index is 0.0480. The molecule has 2 heterocycles. The van der Waals surface area contributed by atoms with E-state index in [1.165, 1.54) is 18.2 Å². The summed E-state index contributed by atoms with van der Waals surface area (Å²) in [4.78, 5) is 37.4. The number of thiocarbonyl (C=S) groups is 1. The lowest BCUT2D eigenvalue weighted by molar-refractivity contribution is -0.385. The fourth-order valence-electron chi connectivity index (χ4n) is 3.23. The molecule has 166 valence electrons. The van der Waals surface area contributed by atoms with E-state index in [2.05, 4.69) is 5.32 Å². The van der Waals surface area contributed by atoms with Crippen molar-refractivity contribution in [3.05, 3.63) is 85.6 Å². The molecule has 33 heavy (non-hydrogen) atoms. The number of benzene rings is 2. The number of carbonyl (C=O) groups excluding carboxylic acids is 2. The standard InChI is InChI=1S/C22H13Cl2N3O5S/c1-11-5-6-12(9-17(11)27(30)31)18-8-7-13(32-18)10-14-20(28)25-22(33)26(21(14)29)16-4-2-3-15(23)19(16)24/h2-10H,1H3,(H,25,28,33)/b14-10+. The summed E-state index contributed by atoms with van der Waals surface area (Å²) in [6.45, 7) is 1.63. The van der Waals surface area contributed by atoms with E-state index >= 15 is 0 Å². The molecule has 1 fully saturated rings. The van der Waals surface area contributed by atoms with Crippen molar-refractivity contribution in [2.45, 2.75) is 6.92 Å². The first-order valence-corrected chi connectivity index (χ1v) is 10.5. The van der Waals surface area contributed by atoms with Crippen molar-refractivity contribution >= 4 is 69.8 Å². The molecule has 2 amide bonds. The number of nitro benzene ring substituents is 1. The second-order valence-corrected chi connectivity index (χ2v) is 8.16. The Morgan fingerprint density at radius 2 is 1.91 bits per heavy atom. The van der Waals surface area contributed by atoms with Gasteiger partial charge in [0.15, 0.2) is 5.11 Å². The number of rotatable bonds is 4. The molecule has 1 aliphatic rings. The number of hydrogen-bond donors (Lipinski definition) is 1. The topological polar surface area (TPSA) is 106 Å². The first-order chi connectivity index (χ1) is 15.7. The van der Waals surface area contributed by atoms with Gasteiger partial charge in [0.25, 0.3) is 17.5 Å². The highest BCUT2D eigenvalue weighted by Gasteiger charge is 2.36. The summed E-state index contributed by atoms with van der Waals surface area (Å²) >= 11 is 17.4. The highest BCUT2D eigenvalue weighted by atomic mass is 35.5. The number of carbonyl (C=O) groups is 2. The van der Waals surface area contributed by atoms with Gasteiger partial charge in [0.2, 0.25) is 0 Å². The molecule has 1 aliphatic heterocycles. The molecular formula is C22H13Cl2N3O5S. The van der Waals surface area contributed by atoms with E-state index in [9.17, 15) is 19.7 Å². The van der Waals surface area contributed by atoms with E-state index in [-0.39, 0.29) is 37.9 Å². The van der Waals surface area contributed by atoms with Crippen LogP contribution in [0.4, 0.5) is 11.4 Å². The van der Waals surface area contributed by atoms with Gasteiger partial charge in [-0.15, -0.1) is 0 Å². The number of nitrogens with zero attached hydrogens (tertiary/aromatic N) is 2. The van der Waals surface area contributed by atoms with E-state index in [4.69, 9.17) is 39.8 Å². The Balaban J connectivity index is 1.70. The number of nitro groups is 1. The normalized spacial score (nSPS) is 15.2. The van der Waals surface area contributed by atoms with Gasteiger partial charge in [0.05, 0.1) is 20.7 Å². The third kappa shape index (κ3) is 4.25. The zero-order valence-electron chi connectivity index (χ0n) is 16.8. The maximum absolute atomic E-state index is 13.1. The summed E-state index contributed by atoms with van der Waals surface area (Å²) in [5.41, 5.74) is 0.920. The van der Waals surface area contributed by atoms with Crippen LogP contribution in [0.3, 0.4) is 0 Å². The molecule has 2 aromatic carbocycles. The Labute approximate surface area is 202 Å². The molecule has 0 unspecified atom stereocenters. The summed E-state index contributed by atoms with van der Waals surface area (Å²) in [6.07, 6.45) is 1.26. The van der Waals surface area contributed by atoms with Gasteiger partial charge < -0.3 is 4.42 Å². The lowest BCUT2D eigenvalue weighted by atomic mass is 10.1. The van der Waals surface area contributed by atoms with Crippen LogP contribution in [0.1, 0.15) is 11.3 Å². The number of halogens is 2. The third-order valence-corrected chi connectivity index (χ3v) is 5.97. The highest BCUT2D eigenvalue weighted by molar-refractivity contribution is 7.80. The number of aryl methyl sites for hydroxylation is 1. The Kier molecular flexibility index (Phi) is 6.03. The Bertz CT molecular complexity index is 1380. The highest BCUT2D eigenvalue weighted by Crippen LogP contribution is 2.35. The van der Waals surface area contributed by atoms with Crippen molar-refractivity contribution in [1.29, 1.82) is 0 Å². The molecule has 1 aromatic heterocycles. The molecular weight excluding hydrogens is 489 g/mol. The van der Waals surface area contributed by atoms with Crippen LogP contribution in [0, 0.1) is 17.0 Å². The molecule has 1 N–H and O–H groups in total. The van der Waals surface area contributed by atoms with Crippen LogP contribution < -0.4 is 10.2 Å². The maximum atomic E-state index is 13.1. The lowest BCUT2D eigenvalue weighted by Gasteiger charge is -2.29. The van der Waals surface area contributed by atoms with Crippen molar-refractivity contribution in [1.82, 2.24) is 5.32 Å². The van der Waals surface area contributed by atoms with Crippen LogP contribution in [0.5, 0.6) is 0 Å². The predicted molar refractivity (Wildman–Crippen MR) is 128 cm³/mol. The van der Waals surface area contributed by atoms with Crippen molar-refractivity contribution < 1.29 is 18.9 Å². The largest absolute Gasteiger partial charge is 0.457 e. The summed E-state index contributed by atoms with van der Waals surface area (Å²) < 4.78 is 5.72. The van der Waals surface area contributed by atoms with Gasteiger partial charge in [-0.05, 0) is 49.5 Å². The Morgan fingerprint density at radius 3 is 2.64 bits per heavy atom. The smallest absolute Gasteiger partial charge is 0.273 e. The van der Waals surface area contributed by atoms with Crippen LogP contribution in [-0.2, 0) is 9.59 Å². The summed E-state index contributed by atoms with van der Waals surface area (Å²) in [7, 11) is 0. The molecule has 0 saturated carbocycles. The number of amides is 2. The molecule has 0 aliphatic carbocycles. The first kappa shape index (κ1) is 22.7. The lowest BCUT2D eigenvalue weighted by Crippen LogP contribution is -2.54. The zero-order valence-corrected chi connectivity index (χ0v) is 19.1. The molecule has 0 radical (unpaired) electrons. The van der Waals surface area contributed by atoms with Gasteiger partial charge in [-0.3, -0.25) is 29.9 Å². The number of anilines is 1. The zero-order chi connectivity index (χ0) is 23.9. The van der Waals surface area contributed by atoms with Gasteiger partial charge >= 0.3 is 0 Å². The van der Waals surface area contributed by atoms with Crippen LogP contribution in [0.25, 0.3) is 17.4 Å². The maximum Gasteiger partial charge on any atom is 0.273 e. The number of furan rings is 1. The SMILES string of the molecule is Cc1ccc(-c2ccc(/C=C3\C(=O)NC(=S)N(c4cccc(Cl)c4Cl)C3=O)o2)cc1[N+](=O)[O-]. The molecule has 0 bridgehead atoms. The fourth-order valence-corrected chi connectivity index (χ4v) is 3.88. The van der Waals surface area contributed by atoms with E-state index in [0.29, 0.717) is 16.9 Å². The van der Waals surface area contributed by atoms with Gasteiger partial charge in [-0.2, -0.15) is 0 Å². The van der Waals surface area contributed by atoms with Crippen LogP contribution in [0.15, 0.2) is 58.5 Å². The molecule has 0 spiro atoms. The average molecular weight is 502 g/mol. The molecule has 1 saturated heterocycles. The summed E-state index contributed by atoms with van der Waals surface area (Å²) in [6, 6.07) is 12.5. The molecule has 8 nitrogen and oxygen atoms in total. The fraction of sp³-hybridized carbons (Fsp3) is 0.0455. The Hall–Kier alpha value is -3.53. The van der Waals surface area contributed by atoms with Crippen LogP contribution >= 0.6 is 35.4 Å². The van der Waals surface area contributed by atoms with Crippen LogP contribution in [0.2, 0.25) is 10.0 Å². The molecule has 0 atom stereocenters. The number of nitrogens with one attached hydrogen (secondary N) is 1. The average Bonchev–Trinajstić information content (AvgIpc) is 3.23. The molecule has 11 heteroatoms. The first-order valence-electron chi connectivity index (χ1n) is 9.38. The van der Waals surface area contributed by atoms with Crippen molar-refractivity contribution in [3.8, 4) is 11.3 Å². The van der Waals surface area contributed by atoms with Gasteiger partial charge in [-0.25, -0.2) is 0 Å². The summed E-state index contributed by atoms with van der Waals surface area (Å²) in [5.74, 6) is -0.893. The van der Waals surface area contributed by atoms with Crippen molar-refractivity contribution in [2.75, 3.05) is 4.90 Å². The Morgan fingerprint density at radius 1 is 1.15 bits per heavy atom. The predicted octanol–water partition coefficient (Wildman–Crippen LogP) is 5.30. The minimum Gasteiger partial charge on any atom is -0.457 e. The quantitative estimate of drug-likeness (QED) is 0.171. The summed E-state index contributed by atoms with van der Waals surface area (Å²) in [5, 5.41) is 13.8. The second kappa shape index (κ2) is 8.78. The van der Waals surface area contributed by atoms with E-state index in [1.807, 2.05) is 0 Å². The monoisotopic (exact) mass is 501 g/mol. The van der Waals surface area contributed by atoms with Gasteiger partial charge in [-0.1, -0.05) is 41.4 Å². The molecule has 4 rings (SSSR count). The van der Waals surface area contributed by atoms with Crippen molar-refractivity contribution in [2.24, 2.45) is 0 Å². The minimum atomic E-state index is -0.711. The van der Waals surface area contributed by atoms with Gasteiger partial charge in [0, 0.05) is 17.2 Å². The van der Waals surface area contributed by atoms with Gasteiger partial charge in [0.1, 0.15) is 17.1 Å². The second-order valence-electron chi connectivity index (χ2n) is 6.99. The third-order valence-electron chi connectivity index (χ3n) is 4.88. The number of hydrogen-bond acceptors (Lipinski definition) is 6. The van der Waals surface area contributed by atoms with E-state index in [1.54, 1.807) is 43.3 Å². The van der Waals surface area contributed by atoms with Crippen LogP contribution in [-0.4, -0.2) is 21.9 Å². The van der Waals surface area contributed by atoms with E-state index in [0.717, 1.165) is 4.90 Å².